The van der Waals surface area contributed by atoms with Crippen LogP contribution in [0, 0.1) is 11.3 Å². The Labute approximate surface area is 85.1 Å². The van der Waals surface area contributed by atoms with Crippen LogP contribution in [-0.4, -0.2) is 11.1 Å². The van der Waals surface area contributed by atoms with Crippen molar-refractivity contribution < 1.29 is 0 Å². The normalized spacial score (nSPS) is 10.0. The van der Waals surface area contributed by atoms with E-state index in [2.05, 4.69) is 29.0 Å². The summed E-state index contributed by atoms with van der Waals surface area (Å²) >= 11 is 0. The van der Waals surface area contributed by atoms with Crippen LogP contribution in [0.4, 0.5) is 0 Å². The van der Waals surface area contributed by atoms with Crippen LogP contribution in [0.25, 0.3) is 0 Å². The Morgan fingerprint density at radius 2 is 2.29 bits per heavy atom. The second-order valence-corrected chi connectivity index (χ2v) is 3.35. The van der Waals surface area contributed by atoms with Crippen LogP contribution >= 0.6 is 0 Å². The lowest BCUT2D eigenvalue weighted by atomic mass is 10.2. The van der Waals surface area contributed by atoms with Gasteiger partial charge in [-0.25, -0.2) is 0 Å². The van der Waals surface area contributed by atoms with Crippen LogP contribution in [0.15, 0.2) is 18.3 Å². The van der Waals surface area contributed by atoms with Crippen molar-refractivity contribution in [1.82, 2.24) is 4.57 Å². The molecular weight excluding hydrogens is 174 g/mol. The fraction of sp³-hybridized carbons (Fsp3) is 0.545. The highest BCUT2D eigenvalue weighted by atomic mass is 15.0. The fourth-order valence-corrected chi connectivity index (χ4v) is 1.53. The first-order valence-corrected chi connectivity index (χ1v) is 5.09. The van der Waals surface area contributed by atoms with Gasteiger partial charge >= 0.3 is 0 Å². The highest BCUT2D eigenvalue weighted by molar-refractivity contribution is 5.07. The zero-order valence-corrected chi connectivity index (χ0v) is 8.45. The van der Waals surface area contributed by atoms with E-state index in [0.29, 0.717) is 13.0 Å². The molecule has 0 bridgehead atoms. The minimum Gasteiger partial charge on any atom is -0.351 e. The number of rotatable bonds is 6. The van der Waals surface area contributed by atoms with Crippen molar-refractivity contribution in [2.24, 2.45) is 5.73 Å². The smallest absolute Gasteiger partial charge is 0.0621 e. The van der Waals surface area contributed by atoms with Crippen LogP contribution in [0.5, 0.6) is 0 Å². The molecule has 3 heteroatoms. The first kappa shape index (κ1) is 10.8. The van der Waals surface area contributed by atoms with E-state index >= 15 is 0 Å². The van der Waals surface area contributed by atoms with Gasteiger partial charge in [0.25, 0.3) is 0 Å². The molecule has 1 aromatic heterocycles. The largest absolute Gasteiger partial charge is 0.351 e. The molecule has 0 amide bonds. The number of hydrogen-bond acceptors (Lipinski definition) is 2. The standard InChI is InChI=1S/C11H17N3/c12-7-2-1-3-9-14-10-4-5-11(14)6-8-13/h4-5,10H,1-3,6,8-9,13H2. The molecule has 0 radical (unpaired) electrons. The van der Waals surface area contributed by atoms with E-state index in [1.165, 1.54) is 5.69 Å². The molecule has 3 nitrogen and oxygen atoms in total. The quantitative estimate of drug-likeness (QED) is 0.695. The summed E-state index contributed by atoms with van der Waals surface area (Å²) in [4.78, 5) is 0. The van der Waals surface area contributed by atoms with E-state index in [4.69, 9.17) is 11.0 Å². The van der Waals surface area contributed by atoms with Gasteiger partial charge < -0.3 is 10.3 Å². The molecule has 0 unspecified atom stereocenters. The van der Waals surface area contributed by atoms with Crippen molar-refractivity contribution in [3.63, 3.8) is 0 Å². The molecule has 1 aromatic rings. The minimum atomic E-state index is 0.660. The molecule has 76 valence electrons. The van der Waals surface area contributed by atoms with Gasteiger partial charge in [0, 0.05) is 24.9 Å². The minimum absolute atomic E-state index is 0.660. The molecule has 2 N–H and O–H groups in total. The summed E-state index contributed by atoms with van der Waals surface area (Å²) in [6, 6.07) is 6.32. The molecule has 0 aliphatic rings. The molecule has 0 atom stereocenters. The van der Waals surface area contributed by atoms with Crippen LogP contribution < -0.4 is 5.73 Å². The third-order valence-electron chi connectivity index (χ3n) is 2.26. The SMILES string of the molecule is N#CCCCCn1cccc1CCN. The number of unbranched alkanes of at least 4 members (excludes halogenated alkanes) is 2. The predicted octanol–water partition coefficient (Wildman–Crippen LogP) is 1.68. The van der Waals surface area contributed by atoms with Crippen LogP contribution in [0.3, 0.4) is 0 Å². The predicted molar refractivity (Wildman–Crippen MR) is 56.7 cm³/mol. The van der Waals surface area contributed by atoms with E-state index < -0.39 is 0 Å². The maximum atomic E-state index is 8.39. The van der Waals surface area contributed by atoms with Crippen LogP contribution in [0.1, 0.15) is 25.0 Å². The lowest BCUT2D eigenvalue weighted by Gasteiger charge is -2.07. The third-order valence-corrected chi connectivity index (χ3v) is 2.26. The average Bonchev–Trinajstić information content (AvgIpc) is 2.61. The molecule has 14 heavy (non-hydrogen) atoms. The number of nitrogens with two attached hydrogens (primary N) is 1. The first-order valence-electron chi connectivity index (χ1n) is 5.09. The molecule has 1 heterocycles. The van der Waals surface area contributed by atoms with Crippen molar-refractivity contribution in [2.75, 3.05) is 6.54 Å². The Kier molecular flexibility index (Phi) is 4.81. The lowest BCUT2D eigenvalue weighted by molar-refractivity contribution is 0.597. The van der Waals surface area contributed by atoms with Crippen LogP contribution in [-0.2, 0) is 13.0 Å². The van der Waals surface area contributed by atoms with E-state index in [1.807, 2.05) is 0 Å². The van der Waals surface area contributed by atoms with Crippen molar-refractivity contribution in [1.29, 1.82) is 5.26 Å². The maximum absolute atomic E-state index is 8.39. The third kappa shape index (κ3) is 3.23. The molecule has 0 aromatic carbocycles. The van der Waals surface area contributed by atoms with E-state index in [0.717, 1.165) is 25.8 Å². The summed E-state index contributed by atoms with van der Waals surface area (Å²) in [6.45, 7) is 1.70. The first-order chi connectivity index (χ1) is 6.88. The molecule has 0 aliphatic heterocycles. The molecular formula is C11H17N3. The summed E-state index contributed by atoms with van der Waals surface area (Å²) in [5.41, 5.74) is 6.80. The van der Waals surface area contributed by atoms with Gasteiger partial charge in [-0.15, -0.1) is 0 Å². The van der Waals surface area contributed by atoms with Gasteiger partial charge in [-0.1, -0.05) is 0 Å². The van der Waals surface area contributed by atoms with E-state index in [9.17, 15) is 0 Å². The van der Waals surface area contributed by atoms with Gasteiger partial charge in [0.1, 0.15) is 0 Å². The van der Waals surface area contributed by atoms with Crippen molar-refractivity contribution in [3.8, 4) is 6.07 Å². The summed E-state index contributed by atoms with van der Waals surface area (Å²) in [6.07, 6.45) is 5.73. The van der Waals surface area contributed by atoms with E-state index in [-0.39, 0.29) is 0 Å². The van der Waals surface area contributed by atoms with Gasteiger partial charge in [-0.2, -0.15) is 5.26 Å². The topological polar surface area (TPSA) is 54.7 Å². The Hall–Kier alpha value is -1.27. The Bertz CT molecular complexity index is 296. The number of nitriles is 1. The van der Waals surface area contributed by atoms with Gasteiger partial charge in [0.05, 0.1) is 6.07 Å². The lowest BCUT2D eigenvalue weighted by Crippen LogP contribution is -2.08. The molecule has 0 aliphatic carbocycles. The second kappa shape index (κ2) is 6.22. The summed E-state index contributed by atoms with van der Waals surface area (Å²) in [7, 11) is 0. The molecule has 0 fully saturated rings. The Balaban J connectivity index is 2.34. The maximum Gasteiger partial charge on any atom is 0.0621 e. The molecule has 0 saturated carbocycles. The molecule has 0 saturated heterocycles. The highest BCUT2D eigenvalue weighted by Crippen LogP contribution is 2.05. The number of hydrogen-bond donors (Lipinski definition) is 1. The van der Waals surface area contributed by atoms with Gasteiger partial charge in [-0.3, -0.25) is 0 Å². The van der Waals surface area contributed by atoms with Crippen LogP contribution in [0.2, 0.25) is 0 Å². The Morgan fingerprint density at radius 1 is 1.43 bits per heavy atom. The number of aryl methyl sites for hydroxylation is 1. The molecule has 1 rings (SSSR count). The fourth-order valence-electron chi connectivity index (χ4n) is 1.53. The van der Waals surface area contributed by atoms with Crippen molar-refractivity contribution >= 4 is 0 Å². The number of aromatic nitrogens is 1. The summed E-state index contributed by atoms with van der Waals surface area (Å²) in [5.74, 6) is 0. The zero-order valence-electron chi connectivity index (χ0n) is 8.45. The highest BCUT2D eigenvalue weighted by Gasteiger charge is 1.98. The van der Waals surface area contributed by atoms with Gasteiger partial charge in [0.2, 0.25) is 0 Å². The summed E-state index contributed by atoms with van der Waals surface area (Å²) < 4.78 is 2.23. The monoisotopic (exact) mass is 191 g/mol. The van der Waals surface area contributed by atoms with Gasteiger partial charge in [0.15, 0.2) is 0 Å². The van der Waals surface area contributed by atoms with Crippen molar-refractivity contribution in [2.45, 2.75) is 32.2 Å². The zero-order chi connectivity index (χ0) is 10.2. The van der Waals surface area contributed by atoms with Gasteiger partial charge in [-0.05, 0) is 37.9 Å². The van der Waals surface area contributed by atoms with Crippen molar-refractivity contribution in [3.05, 3.63) is 24.0 Å². The number of nitrogens with zero attached hydrogens (tertiary/aromatic N) is 2. The average molecular weight is 191 g/mol. The summed E-state index contributed by atoms with van der Waals surface area (Å²) in [5, 5.41) is 8.39. The second-order valence-electron chi connectivity index (χ2n) is 3.35. The van der Waals surface area contributed by atoms with E-state index in [1.54, 1.807) is 0 Å². The molecule has 0 spiro atoms. The Morgan fingerprint density at radius 3 is 3.00 bits per heavy atom.